The van der Waals surface area contributed by atoms with E-state index in [-0.39, 0.29) is 0 Å². The second-order valence-corrected chi connectivity index (χ2v) is 5.94. The first-order chi connectivity index (χ1) is 11.7. The van der Waals surface area contributed by atoms with Crippen LogP contribution in [0.15, 0.2) is 48.5 Å². The van der Waals surface area contributed by atoms with E-state index in [1.807, 2.05) is 53.2 Å². The largest absolute Gasteiger partial charge is 0.820 e. The highest BCUT2D eigenvalue weighted by atomic mass is 16.8. The van der Waals surface area contributed by atoms with Gasteiger partial charge in [-0.25, -0.2) is 0 Å². The van der Waals surface area contributed by atoms with Crippen molar-refractivity contribution in [2.75, 3.05) is 6.61 Å². The second kappa shape index (κ2) is 5.80. The molecule has 0 saturated carbocycles. The fourth-order valence-corrected chi connectivity index (χ4v) is 3.07. The Labute approximate surface area is 140 Å². The van der Waals surface area contributed by atoms with E-state index in [1.165, 1.54) is 0 Å². The molecule has 5 nitrogen and oxygen atoms in total. The molecule has 1 unspecified atom stereocenters. The molecule has 0 aromatic heterocycles. The average Bonchev–Trinajstić information content (AvgIpc) is 2.61. The Kier molecular flexibility index (Phi) is 3.61. The van der Waals surface area contributed by atoms with Crippen molar-refractivity contribution < 1.29 is 23.2 Å². The lowest BCUT2D eigenvalue weighted by Gasteiger charge is -2.41. The third-order valence-corrected chi connectivity index (χ3v) is 4.30. The van der Waals surface area contributed by atoms with Gasteiger partial charge in [0.2, 0.25) is 0 Å². The maximum absolute atomic E-state index is 12.5. The summed E-state index contributed by atoms with van der Waals surface area (Å²) in [7, 11) is 0. The van der Waals surface area contributed by atoms with E-state index in [0.717, 1.165) is 24.1 Å². The maximum atomic E-state index is 12.5. The van der Waals surface area contributed by atoms with Crippen molar-refractivity contribution in [2.24, 2.45) is 0 Å². The summed E-state index contributed by atoms with van der Waals surface area (Å²) < 4.78 is 19.6. The van der Waals surface area contributed by atoms with Crippen LogP contribution in [0.2, 0.25) is 0 Å². The smallest absolute Gasteiger partial charge is 0.594 e. The highest BCUT2D eigenvalue weighted by Gasteiger charge is 2.58. The number of benzene rings is 2. The van der Waals surface area contributed by atoms with E-state index in [0.29, 0.717) is 17.9 Å². The number of rotatable bonds is 4. The Morgan fingerprint density at radius 2 is 1.88 bits per heavy atom. The van der Waals surface area contributed by atoms with Crippen LogP contribution in [-0.2, 0) is 9.31 Å². The van der Waals surface area contributed by atoms with E-state index in [1.54, 1.807) is 6.07 Å². The summed E-state index contributed by atoms with van der Waals surface area (Å²) in [6.45, 7) is 0.145. The zero-order chi connectivity index (χ0) is 16.6. The van der Waals surface area contributed by atoms with Gasteiger partial charge in [0, 0.05) is 12.7 Å². The zero-order valence-corrected chi connectivity index (χ0v) is 13.5. The molecule has 0 fully saturated rings. The zero-order valence-electron chi connectivity index (χ0n) is 13.5. The van der Waals surface area contributed by atoms with Crippen molar-refractivity contribution in [2.45, 2.75) is 19.8 Å². The molecule has 0 aliphatic carbocycles. The van der Waals surface area contributed by atoms with Gasteiger partial charge in [0.1, 0.15) is 11.8 Å². The fraction of sp³-hybridized carbons (Fsp3) is 0.222. The number of hydrogen-bond donors (Lipinski definition) is 0. The van der Waals surface area contributed by atoms with Crippen LogP contribution in [0.25, 0.3) is 0 Å². The first-order valence-corrected chi connectivity index (χ1v) is 8.25. The molecular weight excluding hydrogens is 305 g/mol. The highest BCUT2D eigenvalue weighted by molar-refractivity contribution is 6.57. The van der Waals surface area contributed by atoms with Crippen LogP contribution in [0.3, 0.4) is 0 Å². The summed E-state index contributed by atoms with van der Waals surface area (Å²) in [4.78, 5) is 12.5. The fourth-order valence-electron chi connectivity index (χ4n) is 3.07. The minimum Gasteiger partial charge on any atom is -0.594 e. The Morgan fingerprint density at radius 3 is 2.75 bits per heavy atom. The molecular formula is C18H18BNO4. The SMILES string of the molecule is CCCCO[B-]12OC(=O)c3ccccc3[N+]1=Cc1ccccc1O2. The molecule has 0 spiro atoms. The van der Waals surface area contributed by atoms with Crippen molar-refractivity contribution in [1.29, 1.82) is 0 Å². The lowest BCUT2D eigenvalue weighted by molar-refractivity contribution is -0.369. The molecule has 0 N–H and O–H groups in total. The Morgan fingerprint density at radius 1 is 1.08 bits per heavy atom. The van der Waals surface area contributed by atoms with Gasteiger partial charge in [0.15, 0.2) is 5.69 Å². The van der Waals surface area contributed by atoms with Gasteiger partial charge in [0.25, 0.3) is 0 Å². The monoisotopic (exact) mass is 323 g/mol. The molecule has 6 heteroatoms. The van der Waals surface area contributed by atoms with Crippen LogP contribution < -0.4 is 4.65 Å². The molecule has 24 heavy (non-hydrogen) atoms. The van der Waals surface area contributed by atoms with Crippen molar-refractivity contribution in [3.63, 3.8) is 0 Å². The van der Waals surface area contributed by atoms with Crippen molar-refractivity contribution in [1.82, 2.24) is 0 Å². The first kappa shape index (κ1) is 15.0. The second-order valence-electron chi connectivity index (χ2n) is 5.94. The average molecular weight is 323 g/mol. The predicted octanol–water partition coefficient (Wildman–Crippen LogP) is 3.26. The number of hydrogen-bond acceptors (Lipinski definition) is 4. The van der Waals surface area contributed by atoms with E-state index < -0.39 is 12.9 Å². The lowest BCUT2D eigenvalue weighted by Crippen LogP contribution is -2.62. The Balaban J connectivity index is 1.87. The van der Waals surface area contributed by atoms with Gasteiger partial charge in [-0.05, 0) is 24.6 Å². The number of nitrogens with zero attached hydrogens (tertiary/aromatic N) is 1. The Hall–Kier alpha value is -2.60. The molecule has 2 aromatic rings. The molecule has 2 aliphatic heterocycles. The van der Waals surface area contributed by atoms with Gasteiger partial charge in [-0.2, -0.15) is 0 Å². The third-order valence-electron chi connectivity index (χ3n) is 4.30. The molecule has 122 valence electrons. The molecule has 0 amide bonds. The molecule has 0 saturated heterocycles. The van der Waals surface area contributed by atoms with E-state index in [2.05, 4.69) is 6.92 Å². The predicted molar refractivity (Wildman–Crippen MR) is 90.6 cm³/mol. The maximum Gasteiger partial charge on any atom is 0.820 e. The molecule has 2 aliphatic rings. The first-order valence-electron chi connectivity index (χ1n) is 8.25. The molecule has 0 radical (unpaired) electrons. The minimum absolute atomic E-state index is 0.425. The summed E-state index contributed by atoms with van der Waals surface area (Å²) in [5.41, 5.74) is 2.16. The van der Waals surface area contributed by atoms with Crippen molar-refractivity contribution in [3.8, 4) is 5.75 Å². The number of carbonyl (C=O) groups is 1. The summed E-state index contributed by atoms with van der Waals surface area (Å²) >= 11 is 0. The molecule has 1 atom stereocenters. The van der Waals surface area contributed by atoms with Crippen LogP contribution in [0.1, 0.15) is 35.7 Å². The van der Waals surface area contributed by atoms with Crippen LogP contribution in [0, 0.1) is 0 Å². The summed E-state index contributed by atoms with van der Waals surface area (Å²) in [5.74, 6) is 0.226. The lowest BCUT2D eigenvalue weighted by atomic mass is 9.86. The minimum atomic E-state index is -2.39. The van der Waals surface area contributed by atoms with Crippen molar-refractivity contribution in [3.05, 3.63) is 59.7 Å². The number of para-hydroxylation sites is 2. The molecule has 2 aromatic carbocycles. The van der Waals surface area contributed by atoms with Crippen LogP contribution in [0.5, 0.6) is 5.75 Å². The molecule has 4 rings (SSSR count). The van der Waals surface area contributed by atoms with Gasteiger partial charge in [-0.1, -0.05) is 37.6 Å². The topological polar surface area (TPSA) is 47.8 Å². The number of carbonyl (C=O) groups excluding carboxylic acids is 1. The van der Waals surface area contributed by atoms with Gasteiger partial charge in [-0.3, -0.25) is 4.79 Å². The summed E-state index contributed by atoms with van der Waals surface area (Å²) in [6, 6.07) is 15.0. The third kappa shape index (κ3) is 2.30. The number of unbranched alkanes of at least 4 members (excludes halogenated alkanes) is 1. The van der Waals surface area contributed by atoms with E-state index in [9.17, 15) is 4.79 Å². The molecule has 0 bridgehead atoms. The standard InChI is InChI=1S/C18H18BNO4/c1-2-3-12-22-19-20(13-14-8-4-7-11-17(14)23-19)16-10-6-5-9-15(16)18(21)24-19/h4-11,13H,2-3,12H2,1H3. The van der Waals surface area contributed by atoms with Gasteiger partial charge >= 0.3 is 12.9 Å². The quantitative estimate of drug-likeness (QED) is 0.640. The van der Waals surface area contributed by atoms with Crippen LogP contribution >= 0.6 is 0 Å². The van der Waals surface area contributed by atoms with Crippen molar-refractivity contribution >= 4 is 24.8 Å². The summed E-state index contributed by atoms with van der Waals surface area (Å²) in [5, 5.41) is 0. The normalized spacial score (nSPS) is 20.9. The highest BCUT2D eigenvalue weighted by Crippen LogP contribution is 2.36. The Bertz CT molecular complexity index is 835. The van der Waals surface area contributed by atoms with Gasteiger partial charge in [0.05, 0.1) is 11.3 Å². The number of fused-ring (bicyclic) bond motifs is 4. The van der Waals surface area contributed by atoms with Gasteiger partial charge < -0.3 is 18.4 Å². The summed E-state index contributed by atoms with van der Waals surface area (Å²) in [6.07, 6.45) is 3.77. The van der Waals surface area contributed by atoms with Crippen LogP contribution in [0.4, 0.5) is 5.69 Å². The van der Waals surface area contributed by atoms with E-state index in [4.69, 9.17) is 14.0 Å². The van der Waals surface area contributed by atoms with E-state index >= 15 is 0 Å². The van der Waals surface area contributed by atoms with Gasteiger partial charge in [-0.15, -0.1) is 0 Å². The van der Waals surface area contributed by atoms with Crippen LogP contribution in [-0.4, -0.2) is 30.2 Å². The molecule has 2 heterocycles.